The fourth-order valence-corrected chi connectivity index (χ4v) is 7.46. The van der Waals surface area contributed by atoms with Crippen molar-refractivity contribution in [1.82, 2.24) is 9.80 Å². The second kappa shape index (κ2) is 17.2. The topological polar surface area (TPSA) is 74.6 Å². The van der Waals surface area contributed by atoms with Gasteiger partial charge in [-0.1, -0.05) is 103 Å². The highest BCUT2D eigenvalue weighted by Crippen LogP contribution is 2.32. The first-order chi connectivity index (χ1) is 25.0. The molecule has 0 radical (unpaired) electrons. The molecule has 0 aromatic heterocycles. The van der Waals surface area contributed by atoms with Gasteiger partial charge in [0.1, 0.15) is 12.4 Å². The van der Waals surface area contributed by atoms with Crippen molar-refractivity contribution in [2.45, 2.75) is 58.0 Å². The maximum atomic E-state index is 10.9. The summed E-state index contributed by atoms with van der Waals surface area (Å²) in [5, 5.41) is 24.5. The molecule has 0 saturated heterocycles. The lowest BCUT2D eigenvalue weighted by Gasteiger charge is -2.31. The average molecular weight is 707 g/mol. The summed E-state index contributed by atoms with van der Waals surface area (Å²) < 4.78 is 18.6. The van der Waals surface area contributed by atoms with Gasteiger partial charge in [-0.15, -0.1) is 0 Å². The molecular formula is C43H47ClN2O5. The molecule has 0 bridgehead atoms. The van der Waals surface area contributed by atoms with Crippen LogP contribution in [0, 0.1) is 0 Å². The predicted octanol–water partition coefficient (Wildman–Crippen LogP) is 6.94. The van der Waals surface area contributed by atoms with E-state index in [0.29, 0.717) is 37.9 Å². The predicted molar refractivity (Wildman–Crippen MR) is 202 cm³/mol. The molecule has 51 heavy (non-hydrogen) atoms. The normalized spacial score (nSPS) is 16.1. The smallest absolute Gasteiger partial charge is 0.133 e. The van der Waals surface area contributed by atoms with Gasteiger partial charge in [-0.3, -0.25) is 9.80 Å². The summed E-state index contributed by atoms with van der Waals surface area (Å²) in [5.41, 5.74) is 8.47. The third-order valence-corrected chi connectivity index (χ3v) is 10.2. The van der Waals surface area contributed by atoms with E-state index in [9.17, 15) is 10.2 Å². The molecular weight excluding hydrogens is 660 g/mol. The van der Waals surface area contributed by atoms with Gasteiger partial charge in [-0.2, -0.15) is 0 Å². The summed E-state index contributed by atoms with van der Waals surface area (Å²) in [6.07, 6.45) is 0.761. The summed E-state index contributed by atoms with van der Waals surface area (Å²) in [5.74, 6) is 0.814. The molecule has 2 unspecified atom stereocenters. The highest BCUT2D eigenvalue weighted by Gasteiger charge is 2.23. The zero-order chi connectivity index (χ0) is 35.0. The summed E-state index contributed by atoms with van der Waals surface area (Å²) >= 11 is 5.99. The number of fused-ring (bicyclic) bond motifs is 3. The molecule has 0 fully saturated rings. The van der Waals surface area contributed by atoms with E-state index >= 15 is 0 Å². The van der Waals surface area contributed by atoms with E-state index in [-0.39, 0.29) is 13.2 Å². The average Bonchev–Trinajstić information content (AvgIpc) is 3.15. The van der Waals surface area contributed by atoms with Crippen molar-refractivity contribution >= 4 is 22.4 Å². The number of hydrogen-bond donors (Lipinski definition) is 2. The molecule has 8 heteroatoms. The minimum absolute atomic E-state index is 0.254. The third-order valence-electron chi connectivity index (χ3n) is 9.99. The molecule has 5 aromatic carbocycles. The Balaban J connectivity index is 0.954. The van der Waals surface area contributed by atoms with E-state index in [4.69, 9.17) is 25.8 Å². The van der Waals surface area contributed by atoms with Crippen molar-refractivity contribution in [1.29, 1.82) is 0 Å². The monoisotopic (exact) mass is 706 g/mol. The van der Waals surface area contributed by atoms with Gasteiger partial charge in [0.15, 0.2) is 0 Å². The number of ether oxygens (including phenoxy) is 3. The fourth-order valence-electron chi connectivity index (χ4n) is 7.33. The molecule has 2 aliphatic rings. The molecule has 266 valence electrons. The van der Waals surface area contributed by atoms with Crippen LogP contribution in [0.1, 0.15) is 38.9 Å². The number of benzene rings is 5. The van der Waals surface area contributed by atoms with Gasteiger partial charge in [0.25, 0.3) is 0 Å². The van der Waals surface area contributed by atoms with Crippen LogP contribution in [-0.2, 0) is 55.2 Å². The Morgan fingerprint density at radius 2 is 1.27 bits per heavy atom. The van der Waals surface area contributed by atoms with Gasteiger partial charge in [0.05, 0.1) is 38.6 Å². The van der Waals surface area contributed by atoms with Crippen molar-refractivity contribution in [3.63, 3.8) is 0 Å². The Hall–Kier alpha value is -3.79. The molecule has 7 rings (SSSR count). The minimum Gasteiger partial charge on any atom is -0.488 e. The first-order valence-corrected chi connectivity index (χ1v) is 18.4. The van der Waals surface area contributed by atoms with Gasteiger partial charge < -0.3 is 24.4 Å². The van der Waals surface area contributed by atoms with E-state index in [0.717, 1.165) is 72.2 Å². The number of nitrogens with zero attached hydrogens (tertiary/aromatic N) is 2. The van der Waals surface area contributed by atoms with Crippen molar-refractivity contribution < 1.29 is 24.4 Å². The fraction of sp³-hybridized carbons (Fsp3) is 0.349. The summed E-state index contributed by atoms with van der Waals surface area (Å²) in [6.45, 7) is 6.28. The van der Waals surface area contributed by atoms with Gasteiger partial charge >= 0.3 is 0 Å². The number of aliphatic hydroxyl groups is 2. The molecule has 2 atom stereocenters. The molecule has 0 amide bonds. The first-order valence-electron chi connectivity index (χ1n) is 18.0. The van der Waals surface area contributed by atoms with Crippen LogP contribution in [0.5, 0.6) is 5.75 Å². The van der Waals surface area contributed by atoms with E-state index in [1.54, 1.807) is 0 Å². The number of β-amino-alcohol motifs (C(OH)–C–C–N with tert-alkyl or cyclic N) is 2. The Labute approximate surface area is 305 Å². The highest BCUT2D eigenvalue weighted by molar-refractivity contribution is 6.30. The Bertz CT molecular complexity index is 1900. The third kappa shape index (κ3) is 9.36. The molecule has 0 aliphatic carbocycles. The molecule has 7 nitrogen and oxygen atoms in total. The van der Waals surface area contributed by atoms with Crippen LogP contribution in [-0.4, -0.2) is 71.6 Å². The summed E-state index contributed by atoms with van der Waals surface area (Å²) in [6, 6.07) is 35.0. The van der Waals surface area contributed by atoms with Crippen LogP contribution >= 0.6 is 11.6 Å². The molecule has 2 aliphatic heterocycles. The maximum Gasteiger partial charge on any atom is 0.133 e. The standard InChI is InChI=1S/C43H47ClN2O5/c44-38-16-12-31(13-17-38)26-49-29-40(48)24-46-21-19-34-9-5-10-36(42(34)25-46)28-51-43-37(15-14-33-7-3-4-11-41(33)43)27-50-30-39(47)23-45-20-18-32-6-1-2-8-35(32)22-45/h1-17,39-40,47-48H,18-30H2. The lowest BCUT2D eigenvalue weighted by Crippen LogP contribution is -2.38. The molecule has 2 heterocycles. The lowest BCUT2D eigenvalue weighted by molar-refractivity contribution is 0.00705. The van der Waals surface area contributed by atoms with Gasteiger partial charge in [0.2, 0.25) is 0 Å². The van der Waals surface area contributed by atoms with Crippen LogP contribution in [0.2, 0.25) is 5.02 Å². The number of rotatable bonds is 15. The van der Waals surface area contributed by atoms with E-state index in [2.05, 4.69) is 76.5 Å². The summed E-state index contributed by atoms with van der Waals surface area (Å²) in [7, 11) is 0. The van der Waals surface area contributed by atoms with Crippen molar-refractivity contribution in [2.75, 3.05) is 39.4 Å². The SMILES string of the molecule is OC(COCc1ccc2ccccc2c1OCc1cccc2c1CN(CC(O)COCc1ccc(Cl)cc1)CC2)CN1CCc2ccccc2C1. The van der Waals surface area contributed by atoms with Crippen LogP contribution in [0.25, 0.3) is 10.8 Å². The van der Waals surface area contributed by atoms with Crippen molar-refractivity contribution in [2.24, 2.45) is 0 Å². The number of hydrogen-bond acceptors (Lipinski definition) is 7. The Morgan fingerprint density at radius 3 is 2.08 bits per heavy atom. The van der Waals surface area contributed by atoms with Gasteiger partial charge in [0, 0.05) is 55.2 Å². The van der Waals surface area contributed by atoms with Crippen LogP contribution in [0.15, 0.2) is 103 Å². The van der Waals surface area contributed by atoms with E-state index in [1.807, 2.05) is 36.4 Å². The summed E-state index contributed by atoms with van der Waals surface area (Å²) in [4.78, 5) is 4.60. The second-order valence-corrected chi connectivity index (χ2v) is 14.3. The largest absolute Gasteiger partial charge is 0.488 e. The quantitative estimate of drug-likeness (QED) is 0.122. The molecule has 5 aromatic rings. The lowest BCUT2D eigenvalue weighted by atomic mass is 9.95. The zero-order valence-electron chi connectivity index (χ0n) is 29.1. The van der Waals surface area contributed by atoms with Gasteiger partial charge in [-0.25, -0.2) is 0 Å². The van der Waals surface area contributed by atoms with Crippen LogP contribution < -0.4 is 4.74 Å². The number of aliphatic hydroxyl groups excluding tert-OH is 2. The van der Waals surface area contributed by atoms with Gasteiger partial charge in [-0.05, 0) is 63.7 Å². The second-order valence-electron chi connectivity index (χ2n) is 13.8. The minimum atomic E-state index is -0.587. The Morgan fingerprint density at radius 1 is 0.608 bits per heavy atom. The maximum absolute atomic E-state index is 10.9. The first kappa shape index (κ1) is 35.6. The van der Waals surface area contributed by atoms with E-state index in [1.165, 1.54) is 22.3 Å². The number of halogens is 1. The van der Waals surface area contributed by atoms with Crippen LogP contribution in [0.4, 0.5) is 0 Å². The highest BCUT2D eigenvalue weighted by atomic mass is 35.5. The Kier molecular flexibility index (Phi) is 12.0. The van der Waals surface area contributed by atoms with E-state index < -0.39 is 12.2 Å². The van der Waals surface area contributed by atoms with Crippen LogP contribution in [0.3, 0.4) is 0 Å². The molecule has 0 spiro atoms. The zero-order valence-corrected chi connectivity index (χ0v) is 29.8. The molecule has 2 N–H and O–H groups in total. The molecule has 0 saturated carbocycles. The van der Waals surface area contributed by atoms with Crippen molar-refractivity contribution in [3.8, 4) is 5.75 Å². The van der Waals surface area contributed by atoms with Crippen molar-refractivity contribution in [3.05, 3.63) is 147 Å².